The maximum atomic E-state index is 10.1. The van der Waals surface area contributed by atoms with E-state index in [1.807, 2.05) is 6.26 Å². The van der Waals surface area contributed by atoms with E-state index in [2.05, 4.69) is 6.92 Å². The lowest BCUT2D eigenvalue weighted by Crippen LogP contribution is -2.45. The number of nitrogens with two attached hydrogens (primary N) is 2. The highest BCUT2D eigenvalue weighted by atomic mass is 32.2. The van der Waals surface area contributed by atoms with Crippen molar-refractivity contribution in [1.29, 1.82) is 0 Å². The van der Waals surface area contributed by atoms with Gasteiger partial charge in [0.25, 0.3) is 0 Å². The van der Waals surface area contributed by atoms with Crippen LogP contribution < -0.4 is 11.5 Å². The van der Waals surface area contributed by atoms with Crippen LogP contribution in [0.5, 0.6) is 0 Å². The number of thioether (sulfide) groups is 1. The lowest BCUT2D eigenvalue weighted by atomic mass is 10.00. The molecule has 188 valence electrons. The van der Waals surface area contributed by atoms with Gasteiger partial charge < -0.3 is 31.9 Å². The minimum Gasteiger partial charge on any atom is -0.480 e. The number of hydrogen-bond acceptors (Lipinski definition) is 7. The van der Waals surface area contributed by atoms with Gasteiger partial charge >= 0.3 is 5.97 Å². The second kappa shape index (κ2) is 24.3. The van der Waals surface area contributed by atoms with Crippen molar-refractivity contribution in [2.24, 2.45) is 11.5 Å². The lowest BCUT2D eigenvalue weighted by Gasteiger charge is -2.22. The highest BCUT2D eigenvalue weighted by Crippen LogP contribution is 2.14. The largest absolute Gasteiger partial charge is 0.480 e. The molecule has 0 bridgehead atoms. The van der Waals surface area contributed by atoms with Crippen molar-refractivity contribution in [3.63, 3.8) is 0 Å². The molecule has 4 unspecified atom stereocenters. The number of rotatable bonds is 20. The highest BCUT2D eigenvalue weighted by molar-refractivity contribution is 7.98. The van der Waals surface area contributed by atoms with E-state index in [9.17, 15) is 15.0 Å². The molecule has 0 saturated carbocycles. The lowest BCUT2D eigenvalue weighted by molar-refractivity contribution is -0.138. The van der Waals surface area contributed by atoms with Gasteiger partial charge in [0.1, 0.15) is 6.04 Å². The summed E-state index contributed by atoms with van der Waals surface area (Å²) in [6, 6.07) is -1.43. The van der Waals surface area contributed by atoms with Gasteiger partial charge in [-0.15, -0.1) is 0 Å². The minimum absolute atomic E-state index is 0.295. The summed E-state index contributed by atoms with van der Waals surface area (Å²) in [5.41, 5.74) is 10.7. The Labute approximate surface area is 194 Å². The zero-order valence-electron chi connectivity index (χ0n) is 19.9. The first kappa shape index (κ1) is 32.8. The molecule has 8 N–H and O–H groups in total. The maximum absolute atomic E-state index is 10.1. The average Bonchev–Trinajstić information content (AvgIpc) is 2.77. The maximum Gasteiger partial charge on any atom is 0.320 e. The summed E-state index contributed by atoms with van der Waals surface area (Å²) in [6.45, 7) is 1.96. The van der Waals surface area contributed by atoms with Gasteiger partial charge in [-0.1, -0.05) is 84.0 Å². The van der Waals surface area contributed by atoms with E-state index in [1.165, 1.54) is 64.2 Å². The Morgan fingerprint density at radius 1 is 0.839 bits per heavy atom. The number of aliphatic hydroxyl groups is 3. The van der Waals surface area contributed by atoms with Crippen molar-refractivity contribution in [3.8, 4) is 0 Å². The Bertz CT molecular complexity index is 391. The van der Waals surface area contributed by atoms with Crippen LogP contribution >= 0.6 is 11.8 Å². The summed E-state index contributed by atoms with van der Waals surface area (Å²) < 4.78 is 0. The second-order valence-corrected chi connectivity index (χ2v) is 9.29. The third kappa shape index (κ3) is 22.6. The van der Waals surface area contributed by atoms with Crippen LogP contribution in [0.25, 0.3) is 0 Å². The fourth-order valence-corrected chi connectivity index (χ4v) is 3.62. The molecule has 0 aliphatic rings. The van der Waals surface area contributed by atoms with Crippen molar-refractivity contribution < 1.29 is 25.2 Å². The topological polar surface area (TPSA) is 150 Å². The molecule has 0 aromatic carbocycles. The Morgan fingerprint density at radius 3 is 1.68 bits per heavy atom. The zero-order chi connectivity index (χ0) is 23.9. The number of aliphatic carboxylic acids is 1. The molecule has 8 heteroatoms. The van der Waals surface area contributed by atoms with Gasteiger partial charge in [-0.05, 0) is 24.9 Å². The molecule has 7 nitrogen and oxygen atoms in total. The molecule has 0 rings (SSSR count). The van der Waals surface area contributed by atoms with Crippen LogP contribution in [-0.2, 0) is 4.79 Å². The molecule has 0 spiro atoms. The van der Waals surface area contributed by atoms with Gasteiger partial charge in [-0.3, -0.25) is 4.79 Å². The van der Waals surface area contributed by atoms with E-state index in [1.54, 1.807) is 11.8 Å². The van der Waals surface area contributed by atoms with Gasteiger partial charge in [0.2, 0.25) is 0 Å². The molecule has 0 amide bonds. The third-order valence-electron chi connectivity index (χ3n) is 5.35. The minimum atomic E-state index is -1.02. The summed E-state index contributed by atoms with van der Waals surface area (Å²) in [6.07, 6.45) is 16.6. The predicted octanol–water partition coefficient (Wildman–Crippen LogP) is 3.27. The predicted molar refractivity (Wildman–Crippen MR) is 131 cm³/mol. The molecule has 0 radical (unpaired) electrons. The Kier molecular flexibility index (Phi) is 25.7. The molecule has 0 aromatic heterocycles. The summed E-state index contributed by atoms with van der Waals surface area (Å²) in [5.74, 6) is -0.1000. The molecule has 4 atom stereocenters. The number of unbranched alkanes of at least 4 members (excludes halogenated alkanes) is 11. The average molecular weight is 467 g/mol. The summed E-state index contributed by atoms with van der Waals surface area (Å²) in [4.78, 5) is 10.1. The van der Waals surface area contributed by atoms with Gasteiger partial charge in [0, 0.05) is 0 Å². The quantitative estimate of drug-likeness (QED) is 0.150. The Hall–Kier alpha value is -0.380. The van der Waals surface area contributed by atoms with Gasteiger partial charge in [-0.2, -0.15) is 11.8 Å². The number of carbonyl (C=O) groups is 1. The second-order valence-electron chi connectivity index (χ2n) is 8.31. The van der Waals surface area contributed by atoms with Gasteiger partial charge in [0.15, 0.2) is 0 Å². The van der Waals surface area contributed by atoms with Crippen molar-refractivity contribution in [1.82, 2.24) is 0 Å². The fraction of sp³-hybridized carbons (Fsp3) is 0.957. The number of carboxylic acids is 1. The van der Waals surface area contributed by atoms with Crippen molar-refractivity contribution in [2.45, 2.75) is 121 Å². The molecule has 0 fully saturated rings. The van der Waals surface area contributed by atoms with E-state index in [-0.39, 0.29) is 6.61 Å². The van der Waals surface area contributed by atoms with Gasteiger partial charge in [0.05, 0.1) is 24.9 Å². The Morgan fingerprint density at radius 2 is 1.29 bits per heavy atom. The SMILES string of the molecule is CCCCCCCCCCCCCCC(O)C(O)C(N)CO.CSCCC(N)C(=O)O. The monoisotopic (exact) mass is 466 g/mol. The summed E-state index contributed by atoms with van der Waals surface area (Å²) in [7, 11) is 0. The first-order valence-electron chi connectivity index (χ1n) is 12.0. The van der Waals surface area contributed by atoms with Gasteiger partial charge in [-0.25, -0.2) is 0 Å². The Balaban J connectivity index is 0. The smallest absolute Gasteiger partial charge is 0.320 e. The van der Waals surface area contributed by atoms with E-state index in [0.29, 0.717) is 12.8 Å². The normalized spacial score (nSPS) is 14.9. The van der Waals surface area contributed by atoms with Crippen molar-refractivity contribution in [2.75, 3.05) is 18.6 Å². The summed E-state index contributed by atoms with van der Waals surface area (Å²) in [5, 5.41) is 36.5. The van der Waals surface area contributed by atoms with E-state index in [0.717, 1.165) is 18.6 Å². The van der Waals surface area contributed by atoms with Crippen LogP contribution in [0.4, 0.5) is 0 Å². The van der Waals surface area contributed by atoms with Crippen LogP contribution in [0.15, 0.2) is 0 Å². The van der Waals surface area contributed by atoms with E-state index in [4.69, 9.17) is 21.7 Å². The zero-order valence-corrected chi connectivity index (χ0v) is 20.7. The molecular weight excluding hydrogens is 416 g/mol. The molecule has 0 aromatic rings. The van der Waals surface area contributed by atoms with Crippen molar-refractivity contribution in [3.05, 3.63) is 0 Å². The molecule has 0 aliphatic carbocycles. The molecule has 0 saturated heterocycles. The number of aliphatic hydroxyl groups excluding tert-OH is 3. The molecule has 0 aliphatic heterocycles. The fourth-order valence-electron chi connectivity index (χ4n) is 3.13. The van der Waals surface area contributed by atoms with Crippen LogP contribution in [-0.4, -0.2) is 69.3 Å². The molecular formula is C23H50N2O5S. The first-order valence-corrected chi connectivity index (χ1v) is 13.4. The van der Waals surface area contributed by atoms with Crippen LogP contribution in [0.3, 0.4) is 0 Å². The number of hydrogen-bond donors (Lipinski definition) is 6. The highest BCUT2D eigenvalue weighted by Gasteiger charge is 2.22. The molecule has 0 heterocycles. The van der Waals surface area contributed by atoms with Crippen LogP contribution in [0.1, 0.15) is 96.8 Å². The standard InChI is InChI=1S/C18H39NO3.C5H11NO2S/c1-2-3-4-5-6-7-8-9-10-11-12-13-14-17(21)18(22)16(19)15-20;1-9-3-2-4(6)5(7)8/h16-18,20-22H,2-15,19H2,1H3;4H,2-3,6H2,1H3,(H,7,8). The van der Waals surface area contributed by atoms with Crippen molar-refractivity contribution >= 4 is 17.7 Å². The van der Waals surface area contributed by atoms with Crippen LogP contribution in [0, 0.1) is 0 Å². The first-order chi connectivity index (χ1) is 14.8. The van der Waals surface area contributed by atoms with Crippen LogP contribution in [0.2, 0.25) is 0 Å². The number of carboxylic acid groups (broad SMARTS) is 1. The third-order valence-corrected chi connectivity index (χ3v) is 5.99. The van der Waals surface area contributed by atoms with E-state index < -0.39 is 30.3 Å². The molecule has 31 heavy (non-hydrogen) atoms. The van der Waals surface area contributed by atoms with E-state index >= 15 is 0 Å². The summed E-state index contributed by atoms with van der Waals surface area (Å²) >= 11 is 1.60.